The lowest BCUT2D eigenvalue weighted by molar-refractivity contribution is 0.561. The number of guanidine groups is 1. The van der Waals surface area contributed by atoms with E-state index in [1.807, 2.05) is 23.6 Å². The third kappa shape index (κ3) is 6.63. The van der Waals surface area contributed by atoms with Crippen molar-refractivity contribution in [2.75, 3.05) is 13.6 Å². The van der Waals surface area contributed by atoms with E-state index in [1.165, 1.54) is 36.0 Å². The number of nitrogens with two attached hydrogens (primary N) is 1. The van der Waals surface area contributed by atoms with Gasteiger partial charge in [0.15, 0.2) is 11.1 Å². The Morgan fingerprint density at radius 3 is 2.55 bits per heavy atom. The van der Waals surface area contributed by atoms with Gasteiger partial charge in [-0.05, 0) is 98.2 Å². The molecule has 1 aromatic heterocycles. The number of fused-ring (bicyclic) bond motifs is 1. The van der Waals surface area contributed by atoms with Crippen molar-refractivity contribution in [3.8, 4) is 5.69 Å². The van der Waals surface area contributed by atoms with Gasteiger partial charge in [-0.15, -0.1) is 0 Å². The third-order valence-corrected chi connectivity index (χ3v) is 8.99. The fourth-order valence-corrected chi connectivity index (χ4v) is 6.59. The minimum Gasteiger partial charge on any atom is -0.370 e. The topological polar surface area (TPSA) is 68.2 Å². The van der Waals surface area contributed by atoms with Crippen molar-refractivity contribution >= 4 is 29.3 Å². The van der Waals surface area contributed by atoms with Crippen molar-refractivity contribution in [3.63, 3.8) is 0 Å². The summed E-state index contributed by atoms with van der Waals surface area (Å²) in [5, 5.41) is 4.27. The molecule has 0 amide bonds. The number of halogens is 4. The highest BCUT2D eigenvalue weighted by atomic mass is 35.5. The third-order valence-electron chi connectivity index (χ3n) is 7.60. The van der Waals surface area contributed by atoms with Gasteiger partial charge in [0, 0.05) is 41.5 Å². The summed E-state index contributed by atoms with van der Waals surface area (Å²) in [6, 6.07) is 15.1. The summed E-state index contributed by atoms with van der Waals surface area (Å²) >= 11 is 7.60. The molecule has 0 radical (unpaired) electrons. The van der Waals surface area contributed by atoms with Gasteiger partial charge >= 0.3 is 0 Å². The van der Waals surface area contributed by atoms with Crippen LogP contribution in [0.5, 0.6) is 0 Å². The molecule has 0 aliphatic heterocycles. The van der Waals surface area contributed by atoms with Crippen molar-refractivity contribution in [2.45, 2.75) is 55.9 Å². The summed E-state index contributed by atoms with van der Waals surface area (Å²) in [7, 11) is 1.59. The highest BCUT2D eigenvalue weighted by Gasteiger charge is 2.30. The number of aryl methyl sites for hydroxylation is 3. The zero-order chi connectivity index (χ0) is 29.8. The van der Waals surface area contributed by atoms with Crippen LogP contribution in [0.3, 0.4) is 0 Å². The Kier molecular flexibility index (Phi) is 9.48. The van der Waals surface area contributed by atoms with Crippen LogP contribution in [0.4, 0.5) is 13.2 Å². The molecule has 0 saturated heterocycles. The van der Waals surface area contributed by atoms with E-state index in [4.69, 9.17) is 22.3 Å². The first kappa shape index (κ1) is 30.0. The summed E-state index contributed by atoms with van der Waals surface area (Å²) in [5.41, 5.74) is 11.1. The van der Waals surface area contributed by atoms with Gasteiger partial charge in [0.1, 0.15) is 17.5 Å². The van der Waals surface area contributed by atoms with E-state index in [2.05, 4.69) is 16.4 Å². The minimum absolute atomic E-state index is 0.000685. The number of benzene rings is 3. The van der Waals surface area contributed by atoms with E-state index in [1.54, 1.807) is 19.2 Å². The first-order valence-electron chi connectivity index (χ1n) is 13.9. The molecule has 3 aromatic carbocycles. The minimum atomic E-state index is -0.584. The highest BCUT2D eigenvalue weighted by molar-refractivity contribution is 7.98. The van der Waals surface area contributed by atoms with Crippen molar-refractivity contribution in [1.82, 2.24) is 14.9 Å². The van der Waals surface area contributed by atoms with E-state index >= 15 is 8.78 Å². The largest absolute Gasteiger partial charge is 0.370 e. The Balaban J connectivity index is 1.44. The summed E-state index contributed by atoms with van der Waals surface area (Å²) in [6.45, 7) is 2.54. The molecular weight excluding hydrogens is 579 g/mol. The Hall–Kier alpha value is -3.43. The van der Waals surface area contributed by atoms with Gasteiger partial charge in [-0.2, -0.15) is 0 Å². The van der Waals surface area contributed by atoms with E-state index in [0.29, 0.717) is 41.1 Å². The van der Waals surface area contributed by atoms with Crippen LogP contribution in [0.25, 0.3) is 5.69 Å². The van der Waals surface area contributed by atoms with Crippen molar-refractivity contribution in [2.24, 2.45) is 10.7 Å². The molecule has 5 rings (SSSR count). The second kappa shape index (κ2) is 13.3. The SMILES string of the molecule is C/N=C(\N)NCCCc1cc(F)c(CSc2nc3c(n2-c2ccc(F)cc2)C(c2ccc(Cl)c(C)c2)CCC3)c(F)c1. The average molecular weight is 612 g/mol. The number of hydrogen-bond acceptors (Lipinski definition) is 3. The van der Waals surface area contributed by atoms with Crippen molar-refractivity contribution in [3.05, 3.63) is 111 Å². The fourth-order valence-electron chi connectivity index (χ4n) is 5.41. The predicted molar refractivity (Wildman–Crippen MR) is 164 cm³/mol. The molecule has 4 aromatic rings. The first-order chi connectivity index (χ1) is 20.2. The summed E-state index contributed by atoms with van der Waals surface area (Å²) in [6.07, 6.45) is 3.82. The highest BCUT2D eigenvalue weighted by Crippen LogP contribution is 2.42. The van der Waals surface area contributed by atoms with E-state index in [0.717, 1.165) is 47.5 Å². The Morgan fingerprint density at radius 1 is 1.12 bits per heavy atom. The number of hydrogen-bond donors (Lipinski definition) is 2. The molecule has 42 heavy (non-hydrogen) atoms. The van der Waals surface area contributed by atoms with Gasteiger partial charge in [0.25, 0.3) is 0 Å². The number of nitrogens with zero attached hydrogens (tertiary/aromatic N) is 3. The van der Waals surface area contributed by atoms with Gasteiger partial charge in [-0.25, -0.2) is 18.2 Å². The number of thioether (sulfide) groups is 1. The summed E-state index contributed by atoms with van der Waals surface area (Å²) in [4.78, 5) is 8.79. The molecule has 3 N–H and O–H groups in total. The number of imidazole rings is 1. The lowest BCUT2D eigenvalue weighted by Gasteiger charge is -2.25. The number of aromatic nitrogens is 2. The van der Waals surface area contributed by atoms with Crippen molar-refractivity contribution < 1.29 is 13.2 Å². The molecule has 1 atom stereocenters. The maximum Gasteiger partial charge on any atom is 0.188 e. The molecule has 5 nitrogen and oxygen atoms in total. The molecule has 1 aliphatic rings. The molecule has 220 valence electrons. The molecule has 1 heterocycles. The predicted octanol–water partition coefficient (Wildman–Crippen LogP) is 7.48. The second-order valence-corrected chi connectivity index (χ2v) is 11.8. The van der Waals surface area contributed by atoms with Crippen LogP contribution in [0, 0.1) is 24.4 Å². The summed E-state index contributed by atoms with van der Waals surface area (Å²) < 4.78 is 46.2. The molecule has 0 spiro atoms. The number of aliphatic imine (C=N–C) groups is 1. The van der Waals surface area contributed by atoms with Crippen LogP contribution >= 0.6 is 23.4 Å². The normalized spacial score (nSPS) is 15.1. The van der Waals surface area contributed by atoms with Gasteiger partial charge in [0.2, 0.25) is 0 Å². The van der Waals surface area contributed by atoms with E-state index in [-0.39, 0.29) is 23.1 Å². The molecule has 0 bridgehead atoms. The van der Waals surface area contributed by atoms with Crippen LogP contribution in [0.1, 0.15) is 58.8 Å². The van der Waals surface area contributed by atoms with Crippen molar-refractivity contribution in [1.29, 1.82) is 0 Å². The molecule has 10 heteroatoms. The zero-order valence-electron chi connectivity index (χ0n) is 23.6. The maximum absolute atomic E-state index is 15.2. The lowest BCUT2D eigenvalue weighted by atomic mass is 9.83. The Morgan fingerprint density at radius 2 is 1.86 bits per heavy atom. The maximum atomic E-state index is 15.2. The van der Waals surface area contributed by atoms with Gasteiger partial charge in [0.05, 0.1) is 11.4 Å². The van der Waals surface area contributed by atoms with Crippen LogP contribution in [0.2, 0.25) is 5.02 Å². The smallest absolute Gasteiger partial charge is 0.188 e. The first-order valence-corrected chi connectivity index (χ1v) is 15.3. The lowest BCUT2D eigenvalue weighted by Crippen LogP contribution is -2.32. The average Bonchev–Trinajstić information content (AvgIpc) is 3.35. The van der Waals surface area contributed by atoms with Crippen LogP contribution in [0.15, 0.2) is 64.7 Å². The Bertz CT molecular complexity index is 1580. The monoisotopic (exact) mass is 611 g/mol. The molecule has 1 unspecified atom stereocenters. The second-order valence-electron chi connectivity index (χ2n) is 10.5. The van der Waals surface area contributed by atoms with Crippen LogP contribution < -0.4 is 11.1 Å². The number of rotatable bonds is 9. The van der Waals surface area contributed by atoms with E-state index < -0.39 is 11.6 Å². The van der Waals surface area contributed by atoms with E-state index in [9.17, 15) is 4.39 Å². The molecule has 0 saturated carbocycles. The molecule has 0 fully saturated rings. The Labute approximate surface area is 253 Å². The van der Waals surface area contributed by atoms with Gasteiger partial charge in [-0.1, -0.05) is 35.5 Å². The van der Waals surface area contributed by atoms with Crippen LogP contribution in [-0.4, -0.2) is 29.1 Å². The summed E-state index contributed by atoms with van der Waals surface area (Å²) in [5.74, 6) is -1.06. The van der Waals surface area contributed by atoms with Gasteiger partial charge in [-0.3, -0.25) is 9.56 Å². The standard InChI is InChI=1S/C32H33ClF3N5S/c1-19-15-21(8-13-26(19)33)24-6-3-7-29-30(24)41(23-11-9-22(34)10-12-23)32(40-29)42-18-25-27(35)16-20(17-28(25)36)5-4-14-39-31(37)38-2/h8-13,15-17,24H,3-7,14,18H2,1-2H3,(H3,37,38,39). The number of nitrogens with one attached hydrogen (secondary N) is 1. The van der Waals surface area contributed by atoms with Crippen LogP contribution in [-0.2, 0) is 18.6 Å². The van der Waals surface area contributed by atoms with Gasteiger partial charge < -0.3 is 11.1 Å². The fraction of sp³-hybridized carbons (Fsp3) is 0.312. The molecular formula is C32H33ClF3N5S. The zero-order valence-corrected chi connectivity index (χ0v) is 25.1. The molecule has 1 aliphatic carbocycles. The quantitative estimate of drug-likeness (QED) is 0.0891.